The summed E-state index contributed by atoms with van der Waals surface area (Å²) in [5, 5.41) is 2.71. The molecule has 0 saturated carbocycles. The number of carbonyl (C=O) groups excluding carboxylic acids is 3. The number of carbonyl (C=O) groups is 3. The molecular weight excluding hydrogens is 348 g/mol. The Morgan fingerprint density at radius 3 is 2.63 bits per heavy atom. The molecule has 1 atom stereocenters. The smallest absolute Gasteiger partial charge is 0.339 e. The molecule has 0 spiro atoms. The molecule has 2 amide bonds. The normalized spacial score (nSPS) is 15.6. The molecule has 0 fully saturated rings. The number of hydrogen-bond donors (Lipinski definition) is 1. The summed E-state index contributed by atoms with van der Waals surface area (Å²) < 4.78 is 10.3. The van der Waals surface area contributed by atoms with Crippen LogP contribution >= 0.6 is 0 Å². The highest BCUT2D eigenvalue weighted by atomic mass is 16.5. The van der Waals surface area contributed by atoms with E-state index in [9.17, 15) is 14.4 Å². The molecule has 0 saturated heterocycles. The van der Waals surface area contributed by atoms with E-state index < -0.39 is 12.1 Å². The summed E-state index contributed by atoms with van der Waals surface area (Å²) in [6.07, 6.45) is -0.537. The van der Waals surface area contributed by atoms with Crippen molar-refractivity contribution in [2.75, 3.05) is 23.9 Å². The lowest BCUT2D eigenvalue weighted by Crippen LogP contribution is -2.45. The van der Waals surface area contributed by atoms with E-state index in [0.717, 1.165) is 0 Å². The third kappa shape index (κ3) is 3.92. The van der Waals surface area contributed by atoms with Crippen LogP contribution in [-0.2, 0) is 14.3 Å². The zero-order valence-corrected chi connectivity index (χ0v) is 15.1. The number of nitrogens with zero attached hydrogens (tertiary/aromatic N) is 1. The molecule has 0 unspecified atom stereocenters. The van der Waals surface area contributed by atoms with Gasteiger partial charge in [0.1, 0.15) is 5.75 Å². The number of esters is 1. The second-order valence-corrected chi connectivity index (χ2v) is 6.05. The van der Waals surface area contributed by atoms with Gasteiger partial charge in [-0.25, -0.2) is 4.79 Å². The molecule has 2 aromatic rings. The SMILES string of the molecule is COC(=O)c1ccccc1NC(=O)CCN1C(=O)[C@@H](C)Oc2ccccc21. The molecule has 1 heterocycles. The lowest BCUT2D eigenvalue weighted by Gasteiger charge is -2.32. The van der Waals surface area contributed by atoms with Crippen LogP contribution in [0.1, 0.15) is 23.7 Å². The van der Waals surface area contributed by atoms with Crippen molar-refractivity contribution in [1.29, 1.82) is 0 Å². The van der Waals surface area contributed by atoms with E-state index in [1.165, 1.54) is 7.11 Å². The molecule has 7 nitrogen and oxygen atoms in total. The van der Waals surface area contributed by atoms with E-state index >= 15 is 0 Å². The van der Waals surface area contributed by atoms with Crippen molar-refractivity contribution in [3.63, 3.8) is 0 Å². The fraction of sp³-hybridized carbons (Fsp3) is 0.250. The van der Waals surface area contributed by atoms with E-state index in [2.05, 4.69) is 5.32 Å². The Morgan fingerprint density at radius 2 is 1.85 bits per heavy atom. The quantitative estimate of drug-likeness (QED) is 0.820. The maximum atomic E-state index is 12.4. The number of rotatable bonds is 5. The lowest BCUT2D eigenvalue weighted by molar-refractivity contribution is -0.125. The molecule has 0 radical (unpaired) electrons. The summed E-state index contributed by atoms with van der Waals surface area (Å²) in [5.74, 6) is -0.426. The summed E-state index contributed by atoms with van der Waals surface area (Å²) in [6.45, 7) is 1.88. The van der Waals surface area contributed by atoms with Crippen molar-refractivity contribution >= 4 is 29.2 Å². The molecule has 0 aliphatic carbocycles. The van der Waals surface area contributed by atoms with Gasteiger partial charge in [0.2, 0.25) is 5.91 Å². The molecule has 27 heavy (non-hydrogen) atoms. The zero-order chi connectivity index (χ0) is 19.4. The van der Waals surface area contributed by atoms with Gasteiger partial charge in [0.05, 0.1) is 24.0 Å². The number of fused-ring (bicyclic) bond motifs is 1. The van der Waals surface area contributed by atoms with Gasteiger partial charge in [0, 0.05) is 13.0 Å². The first-order valence-electron chi connectivity index (χ1n) is 8.55. The standard InChI is InChI=1S/C20H20N2O5/c1-13-19(24)22(16-9-5-6-10-17(16)27-13)12-11-18(23)21-15-8-4-3-7-14(15)20(25)26-2/h3-10,13H,11-12H2,1-2H3,(H,21,23)/t13-/m1/s1. The lowest BCUT2D eigenvalue weighted by atomic mass is 10.1. The van der Waals surface area contributed by atoms with Crippen LogP contribution in [0.2, 0.25) is 0 Å². The summed E-state index contributed by atoms with van der Waals surface area (Å²) >= 11 is 0. The molecule has 1 aliphatic rings. The Kier molecular flexibility index (Phi) is 5.40. The van der Waals surface area contributed by atoms with Crippen molar-refractivity contribution in [1.82, 2.24) is 0 Å². The van der Waals surface area contributed by atoms with Crippen molar-refractivity contribution in [2.45, 2.75) is 19.4 Å². The third-order valence-electron chi connectivity index (χ3n) is 4.24. The summed E-state index contributed by atoms with van der Waals surface area (Å²) in [6, 6.07) is 13.8. The number of benzene rings is 2. The monoisotopic (exact) mass is 368 g/mol. The molecule has 0 bridgehead atoms. The second-order valence-electron chi connectivity index (χ2n) is 6.05. The van der Waals surface area contributed by atoms with E-state index in [0.29, 0.717) is 17.1 Å². The van der Waals surface area contributed by atoms with Crippen LogP contribution in [0.25, 0.3) is 0 Å². The highest BCUT2D eigenvalue weighted by molar-refractivity contribution is 6.03. The Hall–Kier alpha value is -3.35. The van der Waals surface area contributed by atoms with Crippen molar-refractivity contribution < 1.29 is 23.9 Å². The zero-order valence-electron chi connectivity index (χ0n) is 15.1. The van der Waals surface area contributed by atoms with E-state index in [-0.39, 0.29) is 30.3 Å². The summed E-state index contributed by atoms with van der Waals surface area (Å²) in [5.41, 5.74) is 1.29. The fourth-order valence-corrected chi connectivity index (χ4v) is 2.90. The molecule has 140 valence electrons. The number of para-hydroxylation sites is 3. The van der Waals surface area contributed by atoms with Gasteiger partial charge in [0.25, 0.3) is 5.91 Å². The van der Waals surface area contributed by atoms with E-state index in [4.69, 9.17) is 9.47 Å². The van der Waals surface area contributed by atoms with Crippen LogP contribution in [0.3, 0.4) is 0 Å². The maximum absolute atomic E-state index is 12.4. The third-order valence-corrected chi connectivity index (χ3v) is 4.24. The summed E-state index contributed by atoms with van der Waals surface area (Å²) in [7, 11) is 1.28. The van der Waals surface area contributed by atoms with E-state index in [1.807, 2.05) is 12.1 Å². The average Bonchev–Trinajstić information content (AvgIpc) is 2.68. The van der Waals surface area contributed by atoms with Gasteiger partial charge < -0.3 is 19.7 Å². The van der Waals surface area contributed by atoms with Crippen LogP contribution in [0.15, 0.2) is 48.5 Å². The molecule has 0 aromatic heterocycles. The van der Waals surface area contributed by atoms with Gasteiger partial charge in [-0.1, -0.05) is 24.3 Å². The number of anilines is 2. The number of ether oxygens (including phenoxy) is 2. The molecule has 3 rings (SSSR count). The van der Waals surface area contributed by atoms with Gasteiger partial charge >= 0.3 is 5.97 Å². The number of amides is 2. The van der Waals surface area contributed by atoms with Crippen molar-refractivity contribution in [2.24, 2.45) is 0 Å². The Bertz CT molecular complexity index is 880. The fourth-order valence-electron chi connectivity index (χ4n) is 2.90. The predicted molar refractivity (Wildman–Crippen MR) is 99.9 cm³/mol. The second kappa shape index (κ2) is 7.90. The Balaban J connectivity index is 1.70. The van der Waals surface area contributed by atoms with Crippen LogP contribution in [-0.4, -0.2) is 37.5 Å². The Morgan fingerprint density at radius 1 is 1.15 bits per heavy atom. The maximum Gasteiger partial charge on any atom is 0.339 e. The number of nitrogens with one attached hydrogen (secondary N) is 1. The minimum atomic E-state index is -0.608. The Labute approximate surface area is 156 Å². The molecule has 2 aromatic carbocycles. The summed E-state index contributed by atoms with van der Waals surface area (Å²) in [4.78, 5) is 38.2. The highest BCUT2D eigenvalue weighted by Gasteiger charge is 2.31. The van der Waals surface area contributed by atoms with Gasteiger partial charge in [-0.3, -0.25) is 9.59 Å². The van der Waals surface area contributed by atoms with Crippen molar-refractivity contribution in [3.8, 4) is 5.75 Å². The van der Waals surface area contributed by atoms with Crippen LogP contribution in [0, 0.1) is 0 Å². The first kappa shape index (κ1) is 18.4. The van der Waals surface area contributed by atoms with E-state index in [1.54, 1.807) is 48.2 Å². The topological polar surface area (TPSA) is 84.9 Å². The molecule has 7 heteroatoms. The van der Waals surface area contributed by atoms with Gasteiger partial charge in [-0.05, 0) is 31.2 Å². The number of hydrogen-bond acceptors (Lipinski definition) is 5. The first-order valence-corrected chi connectivity index (χ1v) is 8.55. The first-order chi connectivity index (χ1) is 13.0. The van der Waals surface area contributed by atoms with Gasteiger partial charge in [-0.15, -0.1) is 0 Å². The molecule has 1 N–H and O–H groups in total. The molecule has 1 aliphatic heterocycles. The van der Waals surface area contributed by atoms with Gasteiger partial charge in [-0.2, -0.15) is 0 Å². The van der Waals surface area contributed by atoms with Crippen LogP contribution < -0.4 is 15.0 Å². The number of methoxy groups -OCH3 is 1. The largest absolute Gasteiger partial charge is 0.479 e. The minimum Gasteiger partial charge on any atom is -0.479 e. The molecular formula is C20H20N2O5. The van der Waals surface area contributed by atoms with Crippen LogP contribution in [0.5, 0.6) is 5.75 Å². The average molecular weight is 368 g/mol. The predicted octanol–water partition coefficient (Wildman–Crippen LogP) is 2.62. The highest BCUT2D eigenvalue weighted by Crippen LogP contribution is 2.33. The minimum absolute atomic E-state index is 0.0717. The van der Waals surface area contributed by atoms with Gasteiger partial charge in [0.15, 0.2) is 6.10 Å². The van der Waals surface area contributed by atoms with Crippen LogP contribution in [0.4, 0.5) is 11.4 Å². The van der Waals surface area contributed by atoms with Crippen molar-refractivity contribution in [3.05, 3.63) is 54.1 Å².